The molecule has 4 fully saturated rings. The minimum Gasteiger partial charge on any atom is -0.360 e. The van der Waals surface area contributed by atoms with Gasteiger partial charge in [0.15, 0.2) is 5.69 Å². The van der Waals surface area contributed by atoms with Crippen molar-refractivity contribution >= 4 is 15.9 Å². The second kappa shape index (κ2) is 7.69. The molecule has 29 heavy (non-hydrogen) atoms. The van der Waals surface area contributed by atoms with E-state index in [-0.39, 0.29) is 29.3 Å². The second-order valence-electron chi connectivity index (χ2n) is 9.40. The number of nitrogens with zero attached hydrogens (tertiary/aromatic N) is 2. The van der Waals surface area contributed by atoms with Crippen LogP contribution in [-0.2, 0) is 10.0 Å². The minimum absolute atomic E-state index is 0.00154. The highest BCUT2D eigenvalue weighted by molar-refractivity contribution is 7.89. The molecule has 2 aliphatic carbocycles. The van der Waals surface area contributed by atoms with Crippen LogP contribution in [0.3, 0.4) is 0 Å². The van der Waals surface area contributed by atoms with Crippen LogP contribution in [0.15, 0.2) is 10.6 Å². The zero-order valence-corrected chi connectivity index (χ0v) is 17.7. The largest absolute Gasteiger partial charge is 0.360 e. The van der Waals surface area contributed by atoms with Crippen molar-refractivity contribution in [3.8, 4) is 0 Å². The first-order valence-corrected chi connectivity index (χ1v) is 12.8. The lowest BCUT2D eigenvalue weighted by molar-refractivity contribution is 0.0899. The first-order valence-electron chi connectivity index (χ1n) is 11.3. The molecule has 3 heterocycles. The van der Waals surface area contributed by atoms with Crippen LogP contribution in [0.2, 0.25) is 0 Å². The second-order valence-corrected chi connectivity index (χ2v) is 11.5. The van der Waals surface area contributed by atoms with Crippen LogP contribution in [-0.4, -0.2) is 47.2 Å². The number of nitrogens with one attached hydrogen (secondary N) is 1. The molecule has 2 saturated carbocycles. The molecule has 2 aliphatic heterocycles. The summed E-state index contributed by atoms with van der Waals surface area (Å²) in [5.41, 5.74) is 0.341. The van der Waals surface area contributed by atoms with Crippen molar-refractivity contribution in [2.75, 3.05) is 0 Å². The van der Waals surface area contributed by atoms with Gasteiger partial charge in [0.25, 0.3) is 5.91 Å². The minimum atomic E-state index is -3.25. The fraction of sp³-hybridized carbons (Fsp3) is 0.810. The number of rotatable bonds is 5. The Balaban J connectivity index is 1.24. The van der Waals surface area contributed by atoms with Crippen LogP contribution in [0.25, 0.3) is 0 Å². The van der Waals surface area contributed by atoms with Crippen molar-refractivity contribution in [1.82, 2.24) is 14.8 Å². The van der Waals surface area contributed by atoms with Crippen molar-refractivity contribution in [3.05, 3.63) is 17.5 Å². The Hall–Kier alpha value is -1.41. The molecule has 4 aliphatic rings. The van der Waals surface area contributed by atoms with Gasteiger partial charge in [0.1, 0.15) is 5.76 Å². The standard InChI is InChI=1S/C21H31N3O4S/c25-21(19-13-20(28-23-19)14-7-8-14)22-15-11-16-9-10-17(12-15)24(16)29(26,27)18-5-3-1-2-4-6-18/h13-18H,1-12H2,(H,22,25)/t15?,16-,17+. The molecule has 2 bridgehead atoms. The van der Waals surface area contributed by atoms with Gasteiger partial charge in [0, 0.05) is 30.1 Å². The Labute approximate surface area is 172 Å². The highest BCUT2D eigenvalue weighted by Crippen LogP contribution is 2.41. The summed E-state index contributed by atoms with van der Waals surface area (Å²) in [6.45, 7) is 0. The Kier molecular flexibility index (Phi) is 5.18. The number of fused-ring (bicyclic) bond motifs is 2. The number of hydrogen-bond acceptors (Lipinski definition) is 5. The summed E-state index contributed by atoms with van der Waals surface area (Å²) in [6.07, 6.45) is 11.3. The van der Waals surface area contributed by atoms with E-state index in [9.17, 15) is 13.2 Å². The van der Waals surface area contributed by atoms with Gasteiger partial charge in [0.05, 0.1) is 5.25 Å². The fourth-order valence-electron chi connectivity index (χ4n) is 5.60. The highest BCUT2D eigenvalue weighted by atomic mass is 32.2. The molecule has 1 amide bonds. The van der Waals surface area contributed by atoms with Gasteiger partial charge >= 0.3 is 0 Å². The summed E-state index contributed by atoms with van der Waals surface area (Å²) in [7, 11) is -3.25. The zero-order chi connectivity index (χ0) is 20.0. The SMILES string of the molecule is O=C(NC1C[C@H]2CC[C@@H](C1)N2S(=O)(=O)C1CCCCCC1)c1cc(C2CC2)on1. The van der Waals surface area contributed by atoms with Crippen LogP contribution in [0.4, 0.5) is 0 Å². The molecule has 5 rings (SSSR count). The smallest absolute Gasteiger partial charge is 0.273 e. The third-order valence-electron chi connectivity index (χ3n) is 7.26. The number of carbonyl (C=O) groups excluding carboxylic acids is 1. The number of piperidine rings is 1. The molecule has 2 saturated heterocycles. The predicted molar refractivity (Wildman–Crippen MR) is 108 cm³/mol. The highest BCUT2D eigenvalue weighted by Gasteiger charge is 2.49. The van der Waals surface area contributed by atoms with E-state index < -0.39 is 10.0 Å². The van der Waals surface area contributed by atoms with E-state index in [1.54, 1.807) is 6.07 Å². The van der Waals surface area contributed by atoms with Crippen molar-refractivity contribution in [2.45, 2.75) is 106 Å². The summed E-state index contributed by atoms with van der Waals surface area (Å²) in [5.74, 6) is 1.03. The van der Waals surface area contributed by atoms with Crippen LogP contribution in [0.1, 0.15) is 99.2 Å². The summed E-state index contributed by atoms with van der Waals surface area (Å²) < 4.78 is 33.9. The monoisotopic (exact) mass is 421 g/mol. The Bertz CT molecular complexity index is 841. The molecule has 7 nitrogen and oxygen atoms in total. The lowest BCUT2D eigenvalue weighted by atomic mass is 9.99. The number of hydrogen-bond donors (Lipinski definition) is 1. The van der Waals surface area contributed by atoms with Crippen molar-refractivity contribution < 1.29 is 17.7 Å². The van der Waals surface area contributed by atoms with Crippen LogP contribution >= 0.6 is 0 Å². The lowest BCUT2D eigenvalue weighted by Gasteiger charge is -2.39. The summed E-state index contributed by atoms with van der Waals surface area (Å²) in [6, 6.07) is 1.80. The number of amides is 1. The molecule has 0 aromatic carbocycles. The van der Waals surface area contributed by atoms with Crippen LogP contribution in [0, 0.1) is 0 Å². The molecule has 3 atom stereocenters. The van der Waals surface area contributed by atoms with Gasteiger partial charge in [-0.1, -0.05) is 30.8 Å². The average molecular weight is 422 g/mol. The van der Waals surface area contributed by atoms with Gasteiger partial charge < -0.3 is 9.84 Å². The van der Waals surface area contributed by atoms with Gasteiger partial charge in [-0.05, 0) is 51.4 Å². The predicted octanol–water partition coefficient (Wildman–Crippen LogP) is 3.33. The quantitative estimate of drug-likeness (QED) is 0.736. The topological polar surface area (TPSA) is 92.5 Å². The Morgan fingerprint density at radius 3 is 2.28 bits per heavy atom. The number of carbonyl (C=O) groups is 1. The molecule has 1 unspecified atom stereocenters. The molecule has 160 valence electrons. The van der Waals surface area contributed by atoms with Gasteiger partial charge in [-0.15, -0.1) is 0 Å². The van der Waals surface area contributed by atoms with E-state index in [2.05, 4.69) is 10.5 Å². The van der Waals surface area contributed by atoms with Crippen LogP contribution < -0.4 is 5.32 Å². The molecule has 0 radical (unpaired) electrons. The first-order chi connectivity index (χ1) is 14.0. The molecule has 1 aromatic heterocycles. The number of aromatic nitrogens is 1. The van der Waals surface area contributed by atoms with Gasteiger partial charge in [-0.3, -0.25) is 4.79 Å². The maximum absolute atomic E-state index is 13.4. The van der Waals surface area contributed by atoms with E-state index >= 15 is 0 Å². The molecule has 8 heteroatoms. The summed E-state index contributed by atoms with van der Waals surface area (Å²) in [4.78, 5) is 12.6. The lowest BCUT2D eigenvalue weighted by Crippen LogP contribution is -2.54. The molecule has 1 N–H and O–H groups in total. The van der Waals surface area contributed by atoms with Gasteiger partial charge in [-0.25, -0.2) is 8.42 Å². The first kappa shape index (κ1) is 19.5. The van der Waals surface area contributed by atoms with Crippen molar-refractivity contribution in [1.29, 1.82) is 0 Å². The molecular weight excluding hydrogens is 390 g/mol. The maximum Gasteiger partial charge on any atom is 0.273 e. The molecule has 0 spiro atoms. The fourth-order valence-corrected chi connectivity index (χ4v) is 8.08. The van der Waals surface area contributed by atoms with Crippen molar-refractivity contribution in [3.63, 3.8) is 0 Å². The third-order valence-corrected chi connectivity index (χ3v) is 9.76. The Morgan fingerprint density at radius 2 is 1.66 bits per heavy atom. The van der Waals surface area contributed by atoms with Crippen molar-refractivity contribution in [2.24, 2.45) is 0 Å². The van der Waals surface area contributed by atoms with E-state index in [0.717, 1.165) is 70.0 Å². The normalized spacial score (nSPS) is 31.5. The number of sulfonamides is 1. The molecule has 1 aromatic rings. The van der Waals surface area contributed by atoms with Gasteiger partial charge in [-0.2, -0.15) is 4.31 Å². The Morgan fingerprint density at radius 1 is 1.00 bits per heavy atom. The average Bonchev–Trinajstić information content (AvgIpc) is 3.43. The zero-order valence-electron chi connectivity index (χ0n) is 16.9. The molecular formula is C21H31N3O4S. The van der Waals surface area contributed by atoms with E-state index in [1.165, 1.54) is 0 Å². The van der Waals surface area contributed by atoms with E-state index in [0.29, 0.717) is 24.5 Å². The van der Waals surface area contributed by atoms with E-state index in [1.807, 2.05) is 4.31 Å². The van der Waals surface area contributed by atoms with Gasteiger partial charge in [0.2, 0.25) is 10.0 Å². The maximum atomic E-state index is 13.4. The summed E-state index contributed by atoms with van der Waals surface area (Å²) >= 11 is 0. The van der Waals surface area contributed by atoms with E-state index in [4.69, 9.17) is 4.52 Å². The van der Waals surface area contributed by atoms with Crippen LogP contribution in [0.5, 0.6) is 0 Å². The summed E-state index contributed by atoms with van der Waals surface area (Å²) in [5, 5.41) is 6.80. The third kappa shape index (κ3) is 3.85.